The Morgan fingerprint density at radius 3 is 2.61 bits per heavy atom. The van der Waals surface area contributed by atoms with Crippen molar-refractivity contribution in [1.82, 2.24) is 9.03 Å². The van der Waals surface area contributed by atoms with Crippen LogP contribution in [0.5, 0.6) is 0 Å². The number of hydrogen-bond acceptors (Lipinski definition) is 4. The number of aliphatic hydroxyl groups excluding tert-OH is 1. The molecule has 1 aromatic carbocycles. The molecule has 2 rings (SSSR count). The third-order valence-corrected chi connectivity index (χ3v) is 6.22. The Bertz CT molecular complexity index is 644. The lowest BCUT2D eigenvalue weighted by molar-refractivity contribution is 0.247. The highest BCUT2D eigenvalue weighted by Gasteiger charge is 2.40. The van der Waals surface area contributed by atoms with Crippen LogP contribution in [0.2, 0.25) is 0 Å². The zero-order valence-corrected chi connectivity index (χ0v) is 15.1. The first-order chi connectivity index (χ1) is 10.7. The largest absolute Gasteiger partial charge is 0.394 e. The molecule has 0 aliphatic carbocycles. The minimum atomic E-state index is -3.65. The van der Waals surface area contributed by atoms with Crippen LogP contribution in [0.4, 0.5) is 5.69 Å². The van der Waals surface area contributed by atoms with Crippen LogP contribution in [0.15, 0.2) is 24.3 Å². The third kappa shape index (κ3) is 4.03. The molecule has 130 valence electrons. The fourth-order valence-electron chi connectivity index (χ4n) is 3.00. The molecule has 6 nitrogen and oxygen atoms in total. The van der Waals surface area contributed by atoms with Crippen LogP contribution in [-0.2, 0) is 10.2 Å². The highest BCUT2D eigenvalue weighted by molar-refractivity contribution is 7.87. The summed E-state index contributed by atoms with van der Waals surface area (Å²) in [6.07, 6.45) is 1.70. The molecule has 0 amide bonds. The molecule has 1 fully saturated rings. The van der Waals surface area contributed by atoms with Gasteiger partial charge >= 0.3 is 0 Å². The van der Waals surface area contributed by atoms with Gasteiger partial charge in [-0.15, -0.1) is 0 Å². The molecule has 0 aromatic heterocycles. The number of nitrogens with zero attached hydrogens (tertiary/aromatic N) is 2. The molecule has 1 heterocycles. The van der Waals surface area contributed by atoms with Crippen LogP contribution < -0.4 is 9.62 Å². The van der Waals surface area contributed by atoms with Gasteiger partial charge in [-0.05, 0) is 44.4 Å². The van der Waals surface area contributed by atoms with Gasteiger partial charge in [-0.3, -0.25) is 0 Å². The zero-order valence-electron chi connectivity index (χ0n) is 14.3. The number of rotatable bonds is 6. The maximum atomic E-state index is 12.7. The standard InChI is InChI=1S/C16H27N3O3S/c1-16(2)9-6-10-19(16)23(21,22)17-15(12-20)13-7-5-8-14(11-13)18(3)4/h5,7-8,11,15,17,20H,6,9-10,12H2,1-4H3/t15-/m0/s1. The Kier molecular flexibility index (Phi) is 5.35. The minimum Gasteiger partial charge on any atom is -0.394 e. The number of nitrogens with one attached hydrogen (secondary N) is 1. The molecule has 7 heteroatoms. The van der Waals surface area contributed by atoms with Crippen molar-refractivity contribution in [3.63, 3.8) is 0 Å². The van der Waals surface area contributed by atoms with Gasteiger partial charge in [0.1, 0.15) is 0 Å². The Balaban J connectivity index is 2.24. The monoisotopic (exact) mass is 341 g/mol. The van der Waals surface area contributed by atoms with Crippen molar-refractivity contribution >= 4 is 15.9 Å². The molecule has 0 unspecified atom stereocenters. The molecule has 1 aliphatic heterocycles. The van der Waals surface area contributed by atoms with E-state index in [0.29, 0.717) is 6.54 Å². The van der Waals surface area contributed by atoms with Gasteiger partial charge in [-0.25, -0.2) is 0 Å². The van der Waals surface area contributed by atoms with E-state index >= 15 is 0 Å². The van der Waals surface area contributed by atoms with E-state index < -0.39 is 21.8 Å². The van der Waals surface area contributed by atoms with Crippen LogP contribution in [0.25, 0.3) is 0 Å². The van der Waals surface area contributed by atoms with Gasteiger partial charge in [0.05, 0.1) is 12.6 Å². The lowest BCUT2D eigenvalue weighted by Crippen LogP contribution is -2.49. The van der Waals surface area contributed by atoms with Gasteiger partial charge in [0.2, 0.25) is 0 Å². The summed E-state index contributed by atoms with van der Waals surface area (Å²) in [6, 6.07) is 6.86. The topological polar surface area (TPSA) is 72.9 Å². The molecule has 0 radical (unpaired) electrons. The second kappa shape index (κ2) is 6.76. The summed E-state index contributed by atoms with van der Waals surface area (Å²) < 4.78 is 29.6. The summed E-state index contributed by atoms with van der Waals surface area (Å²) in [5.41, 5.74) is 1.32. The molecule has 1 atom stereocenters. The molecular formula is C16H27N3O3S. The Hall–Kier alpha value is -1.15. The van der Waals surface area contributed by atoms with E-state index in [-0.39, 0.29) is 6.61 Å². The Morgan fingerprint density at radius 1 is 1.39 bits per heavy atom. The van der Waals surface area contributed by atoms with Gasteiger partial charge in [-0.1, -0.05) is 12.1 Å². The van der Waals surface area contributed by atoms with Gasteiger partial charge in [0.15, 0.2) is 0 Å². The van der Waals surface area contributed by atoms with Crippen LogP contribution >= 0.6 is 0 Å². The second-order valence-electron chi connectivity index (χ2n) is 6.84. The molecule has 0 bridgehead atoms. The van der Waals surface area contributed by atoms with E-state index in [1.54, 1.807) is 0 Å². The van der Waals surface area contributed by atoms with Crippen molar-refractivity contribution in [3.05, 3.63) is 29.8 Å². The van der Waals surface area contributed by atoms with Crippen molar-refractivity contribution in [3.8, 4) is 0 Å². The summed E-state index contributed by atoms with van der Waals surface area (Å²) in [7, 11) is 0.191. The van der Waals surface area contributed by atoms with E-state index in [1.807, 2.05) is 57.1 Å². The van der Waals surface area contributed by atoms with Crippen molar-refractivity contribution in [2.75, 3.05) is 32.1 Å². The van der Waals surface area contributed by atoms with Crippen LogP contribution in [0.1, 0.15) is 38.3 Å². The summed E-state index contributed by atoms with van der Waals surface area (Å²) in [4.78, 5) is 1.94. The van der Waals surface area contributed by atoms with Gasteiger partial charge < -0.3 is 10.0 Å². The highest BCUT2D eigenvalue weighted by atomic mass is 32.2. The average molecular weight is 341 g/mol. The van der Waals surface area contributed by atoms with E-state index in [2.05, 4.69) is 4.72 Å². The van der Waals surface area contributed by atoms with Crippen molar-refractivity contribution in [2.45, 2.75) is 38.3 Å². The second-order valence-corrected chi connectivity index (χ2v) is 8.46. The molecule has 0 spiro atoms. The van der Waals surface area contributed by atoms with E-state index in [9.17, 15) is 13.5 Å². The van der Waals surface area contributed by atoms with Crippen molar-refractivity contribution in [1.29, 1.82) is 0 Å². The zero-order chi connectivity index (χ0) is 17.3. The van der Waals surface area contributed by atoms with Crippen LogP contribution in [0.3, 0.4) is 0 Å². The quantitative estimate of drug-likeness (QED) is 0.822. The average Bonchev–Trinajstić information content (AvgIpc) is 2.85. The number of aliphatic hydroxyl groups is 1. The number of benzene rings is 1. The van der Waals surface area contributed by atoms with Crippen molar-refractivity contribution in [2.24, 2.45) is 0 Å². The number of anilines is 1. The molecular weight excluding hydrogens is 314 g/mol. The highest BCUT2D eigenvalue weighted by Crippen LogP contribution is 2.31. The summed E-state index contributed by atoms with van der Waals surface area (Å²) in [6.45, 7) is 4.09. The fourth-order valence-corrected chi connectivity index (χ4v) is 4.81. The van der Waals surface area contributed by atoms with E-state index in [4.69, 9.17) is 0 Å². The molecule has 1 aromatic rings. The predicted octanol–water partition coefficient (Wildman–Crippen LogP) is 1.49. The lowest BCUT2D eigenvalue weighted by Gasteiger charge is -2.32. The first-order valence-corrected chi connectivity index (χ1v) is 9.29. The lowest BCUT2D eigenvalue weighted by atomic mass is 10.0. The molecule has 0 saturated carbocycles. The van der Waals surface area contributed by atoms with E-state index in [0.717, 1.165) is 24.1 Å². The number of hydrogen-bond donors (Lipinski definition) is 2. The predicted molar refractivity (Wildman–Crippen MR) is 92.7 cm³/mol. The first kappa shape index (κ1) is 18.2. The summed E-state index contributed by atoms with van der Waals surface area (Å²) in [5, 5.41) is 9.69. The van der Waals surface area contributed by atoms with Gasteiger partial charge in [-0.2, -0.15) is 17.4 Å². The Labute approximate surface area is 139 Å². The van der Waals surface area contributed by atoms with Gasteiger partial charge in [0, 0.05) is 31.9 Å². The normalized spacial score (nSPS) is 19.7. The molecule has 1 saturated heterocycles. The van der Waals surface area contributed by atoms with E-state index in [1.165, 1.54) is 4.31 Å². The van der Waals surface area contributed by atoms with Crippen LogP contribution in [0, 0.1) is 0 Å². The van der Waals surface area contributed by atoms with Crippen LogP contribution in [-0.4, -0.2) is 50.6 Å². The first-order valence-electron chi connectivity index (χ1n) is 7.85. The van der Waals surface area contributed by atoms with Crippen molar-refractivity contribution < 1.29 is 13.5 Å². The summed E-state index contributed by atoms with van der Waals surface area (Å²) >= 11 is 0. The minimum absolute atomic E-state index is 0.287. The smallest absolute Gasteiger partial charge is 0.280 e. The SMILES string of the molecule is CN(C)c1cccc([C@H](CO)NS(=O)(=O)N2CCCC2(C)C)c1. The maximum Gasteiger partial charge on any atom is 0.280 e. The maximum absolute atomic E-state index is 12.7. The molecule has 23 heavy (non-hydrogen) atoms. The third-order valence-electron chi connectivity index (χ3n) is 4.38. The molecule has 1 aliphatic rings. The summed E-state index contributed by atoms with van der Waals surface area (Å²) in [5.74, 6) is 0. The fraction of sp³-hybridized carbons (Fsp3) is 0.625. The van der Waals surface area contributed by atoms with Gasteiger partial charge in [0.25, 0.3) is 10.2 Å². The molecule has 2 N–H and O–H groups in total. The Morgan fingerprint density at radius 2 is 2.09 bits per heavy atom.